The van der Waals surface area contributed by atoms with E-state index in [-0.39, 0.29) is 12.5 Å². The summed E-state index contributed by atoms with van der Waals surface area (Å²) >= 11 is 6.02. The molecule has 2 N–H and O–H groups in total. The Kier molecular flexibility index (Phi) is 4.98. The van der Waals surface area contributed by atoms with Crippen LogP contribution in [-0.4, -0.2) is 27.4 Å². The Bertz CT molecular complexity index is 695. The summed E-state index contributed by atoms with van der Waals surface area (Å²) in [5.41, 5.74) is 1.60. The molecule has 5 nitrogen and oxygen atoms in total. The van der Waals surface area contributed by atoms with E-state index in [9.17, 15) is 9.90 Å². The average molecular weight is 334 g/mol. The van der Waals surface area contributed by atoms with Crippen molar-refractivity contribution in [3.8, 4) is 11.3 Å². The highest BCUT2D eigenvalue weighted by molar-refractivity contribution is 6.30. The first-order chi connectivity index (χ1) is 11.2. The molecule has 0 unspecified atom stereocenters. The van der Waals surface area contributed by atoms with Gasteiger partial charge in [-0.1, -0.05) is 30.2 Å². The van der Waals surface area contributed by atoms with Crippen molar-refractivity contribution < 1.29 is 9.90 Å². The number of benzene rings is 1. The van der Waals surface area contributed by atoms with Crippen LogP contribution in [0.25, 0.3) is 11.3 Å². The number of carbonyl (C=O) groups excluding carboxylic acids is 1. The lowest BCUT2D eigenvalue weighted by Crippen LogP contribution is -2.22. The quantitative estimate of drug-likeness (QED) is 0.852. The van der Waals surface area contributed by atoms with E-state index in [4.69, 9.17) is 11.6 Å². The number of hydrogen-bond donors (Lipinski definition) is 2. The van der Waals surface area contributed by atoms with E-state index in [2.05, 4.69) is 10.4 Å². The molecule has 3 rings (SSSR count). The van der Waals surface area contributed by atoms with Gasteiger partial charge < -0.3 is 10.4 Å². The van der Waals surface area contributed by atoms with E-state index >= 15 is 0 Å². The monoisotopic (exact) mass is 333 g/mol. The summed E-state index contributed by atoms with van der Waals surface area (Å²) < 4.78 is 1.62. The van der Waals surface area contributed by atoms with E-state index in [1.807, 2.05) is 24.3 Å². The topological polar surface area (TPSA) is 67.2 Å². The number of halogens is 1. The van der Waals surface area contributed by atoms with Crippen LogP contribution in [0.5, 0.6) is 0 Å². The lowest BCUT2D eigenvalue weighted by Gasteiger charge is -2.24. The average Bonchev–Trinajstić information content (AvgIpc) is 2.86. The molecule has 0 bridgehead atoms. The molecule has 1 aliphatic carbocycles. The number of nitrogens with one attached hydrogen (secondary N) is 1. The summed E-state index contributed by atoms with van der Waals surface area (Å²) in [6, 6.07) is 9.22. The van der Waals surface area contributed by atoms with Gasteiger partial charge in [-0.25, -0.2) is 4.68 Å². The first-order valence-corrected chi connectivity index (χ1v) is 8.28. The minimum absolute atomic E-state index is 0.00596. The van der Waals surface area contributed by atoms with Crippen LogP contribution in [0.15, 0.2) is 30.3 Å². The van der Waals surface area contributed by atoms with Gasteiger partial charge in [0.2, 0.25) is 5.91 Å². The third-order valence-electron chi connectivity index (χ3n) is 4.18. The van der Waals surface area contributed by atoms with Crippen molar-refractivity contribution in [3.05, 3.63) is 35.4 Å². The molecule has 0 atom stereocenters. The van der Waals surface area contributed by atoms with Crippen molar-refractivity contribution >= 4 is 23.3 Å². The Morgan fingerprint density at radius 1 is 1.39 bits per heavy atom. The molecule has 1 fully saturated rings. The molecular weight excluding hydrogens is 314 g/mol. The van der Waals surface area contributed by atoms with Gasteiger partial charge >= 0.3 is 0 Å². The fourth-order valence-corrected chi connectivity index (χ4v) is 2.91. The number of amides is 1. The molecule has 1 aromatic heterocycles. The van der Waals surface area contributed by atoms with Gasteiger partial charge in [-0.05, 0) is 30.9 Å². The molecule has 1 aliphatic rings. The number of aliphatic hydroxyl groups is 1. The molecule has 1 amide bonds. The van der Waals surface area contributed by atoms with Gasteiger partial charge in [-0.3, -0.25) is 4.79 Å². The molecule has 2 aromatic rings. The maximum Gasteiger partial charge on any atom is 0.225 e. The highest BCUT2D eigenvalue weighted by atomic mass is 35.5. The van der Waals surface area contributed by atoms with E-state index in [0.717, 1.165) is 24.1 Å². The second kappa shape index (κ2) is 7.15. The maximum atomic E-state index is 12.1. The maximum absolute atomic E-state index is 12.1. The summed E-state index contributed by atoms with van der Waals surface area (Å²) in [6.07, 6.45) is 4.05. The van der Waals surface area contributed by atoms with Crippen LogP contribution < -0.4 is 5.32 Å². The molecule has 1 heterocycles. The summed E-state index contributed by atoms with van der Waals surface area (Å²) in [5, 5.41) is 17.2. The van der Waals surface area contributed by atoms with Crippen molar-refractivity contribution in [3.63, 3.8) is 0 Å². The minimum atomic E-state index is -0.0395. The minimum Gasteiger partial charge on any atom is -0.394 e. The van der Waals surface area contributed by atoms with Gasteiger partial charge in [0, 0.05) is 23.1 Å². The fraction of sp³-hybridized carbons (Fsp3) is 0.412. The predicted molar refractivity (Wildman–Crippen MR) is 90.3 cm³/mol. The number of aromatic nitrogens is 2. The van der Waals surface area contributed by atoms with Crippen molar-refractivity contribution in [1.29, 1.82) is 0 Å². The van der Waals surface area contributed by atoms with Gasteiger partial charge in [0.15, 0.2) is 0 Å². The van der Waals surface area contributed by atoms with Crippen LogP contribution in [0.3, 0.4) is 0 Å². The third-order valence-corrected chi connectivity index (χ3v) is 4.41. The summed E-state index contributed by atoms with van der Waals surface area (Å²) in [5.74, 6) is 1.13. The molecule has 6 heteroatoms. The molecule has 0 radical (unpaired) electrons. The van der Waals surface area contributed by atoms with Crippen LogP contribution in [0.2, 0.25) is 5.02 Å². The smallest absolute Gasteiger partial charge is 0.225 e. The Morgan fingerprint density at radius 3 is 2.87 bits per heavy atom. The summed E-state index contributed by atoms with van der Waals surface area (Å²) in [4.78, 5) is 12.1. The predicted octanol–water partition coefficient (Wildman–Crippen LogP) is 3.32. The Hall–Kier alpha value is -1.85. The highest BCUT2D eigenvalue weighted by Crippen LogP contribution is 2.30. The van der Waals surface area contributed by atoms with Crippen LogP contribution in [0, 0.1) is 5.92 Å². The Labute approximate surface area is 140 Å². The van der Waals surface area contributed by atoms with Crippen LogP contribution in [0.1, 0.15) is 25.7 Å². The van der Waals surface area contributed by atoms with E-state index in [1.165, 1.54) is 6.42 Å². The van der Waals surface area contributed by atoms with Crippen molar-refractivity contribution in [2.24, 2.45) is 5.92 Å². The van der Waals surface area contributed by atoms with E-state index in [0.29, 0.717) is 29.7 Å². The largest absolute Gasteiger partial charge is 0.394 e. The van der Waals surface area contributed by atoms with Gasteiger partial charge in [-0.15, -0.1) is 0 Å². The second-order valence-electron chi connectivity index (χ2n) is 5.92. The molecule has 0 spiro atoms. The highest BCUT2D eigenvalue weighted by Gasteiger charge is 2.21. The second-order valence-corrected chi connectivity index (χ2v) is 6.36. The lowest BCUT2D eigenvalue weighted by molar-refractivity contribution is -0.117. The van der Waals surface area contributed by atoms with Crippen molar-refractivity contribution in [2.75, 3.05) is 11.9 Å². The van der Waals surface area contributed by atoms with Crippen LogP contribution >= 0.6 is 11.6 Å². The van der Waals surface area contributed by atoms with E-state index in [1.54, 1.807) is 10.7 Å². The first kappa shape index (κ1) is 16.0. The SMILES string of the molecule is O=C(CC1CCC1)Nc1cc(-c2cccc(Cl)c2)nn1CCO. The normalized spacial score (nSPS) is 14.5. The van der Waals surface area contributed by atoms with Gasteiger partial charge in [0.1, 0.15) is 5.82 Å². The fourth-order valence-electron chi connectivity index (χ4n) is 2.72. The molecule has 0 aliphatic heterocycles. The number of hydrogen-bond acceptors (Lipinski definition) is 3. The molecule has 23 heavy (non-hydrogen) atoms. The molecule has 1 saturated carbocycles. The lowest BCUT2D eigenvalue weighted by atomic mass is 9.83. The zero-order chi connectivity index (χ0) is 16.2. The van der Waals surface area contributed by atoms with Gasteiger partial charge in [0.25, 0.3) is 0 Å². The van der Waals surface area contributed by atoms with Crippen LogP contribution in [0.4, 0.5) is 5.82 Å². The Morgan fingerprint density at radius 2 is 2.22 bits per heavy atom. The summed E-state index contributed by atoms with van der Waals surface area (Å²) in [6.45, 7) is 0.293. The molecule has 0 saturated heterocycles. The number of rotatable bonds is 6. The standard InChI is InChI=1S/C17H20ClN3O2/c18-14-6-2-5-13(10-14)15-11-16(21(20-15)7-8-22)19-17(23)9-12-3-1-4-12/h2,5-6,10-12,22H,1,3-4,7-9H2,(H,19,23). The van der Waals surface area contributed by atoms with Crippen molar-refractivity contribution in [1.82, 2.24) is 9.78 Å². The summed E-state index contributed by atoms with van der Waals surface area (Å²) in [7, 11) is 0. The van der Waals surface area contributed by atoms with Gasteiger partial charge in [0.05, 0.1) is 18.8 Å². The first-order valence-electron chi connectivity index (χ1n) is 7.90. The number of aliphatic hydroxyl groups excluding tert-OH is 1. The number of nitrogens with zero attached hydrogens (tertiary/aromatic N) is 2. The zero-order valence-corrected chi connectivity index (χ0v) is 13.6. The van der Waals surface area contributed by atoms with E-state index < -0.39 is 0 Å². The van der Waals surface area contributed by atoms with Crippen molar-refractivity contribution in [2.45, 2.75) is 32.2 Å². The molecular formula is C17H20ClN3O2. The molecule has 122 valence electrons. The number of anilines is 1. The third kappa shape index (κ3) is 3.92. The van der Waals surface area contributed by atoms with Gasteiger partial charge in [-0.2, -0.15) is 5.10 Å². The Balaban J connectivity index is 1.79. The van der Waals surface area contributed by atoms with Crippen LogP contribution in [-0.2, 0) is 11.3 Å². The molecule has 1 aromatic carbocycles. The zero-order valence-electron chi connectivity index (χ0n) is 12.8. The number of carbonyl (C=O) groups is 1.